The maximum Gasteiger partial charge on any atom is 0.343 e. The standard InChI is InChI=1S/C26H22N4O5S/c1-34-23(32)16-35-22-13-6-5-10-18(22)14-21-25(33)30(24(28-21)17-8-3-2-4-9-17)29-26(36)27-19-11-7-12-20(31)15-19/h2-15,31H,16H2,1H3,(H2,27,29,36)/b21-14-. The van der Waals surface area contributed by atoms with Crippen molar-refractivity contribution in [3.8, 4) is 11.5 Å². The summed E-state index contributed by atoms with van der Waals surface area (Å²) in [4.78, 5) is 29.5. The molecule has 4 rings (SSSR count). The second kappa shape index (κ2) is 11.2. The van der Waals surface area contributed by atoms with Crippen LogP contribution >= 0.6 is 12.2 Å². The summed E-state index contributed by atoms with van der Waals surface area (Å²) in [6.45, 7) is -0.272. The molecule has 3 aromatic carbocycles. The zero-order valence-electron chi connectivity index (χ0n) is 19.2. The van der Waals surface area contributed by atoms with Gasteiger partial charge in [-0.05, 0) is 36.5 Å². The average molecular weight is 503 g/mol. The van der Waals surface area contributed by atoms with Crippen LogP contribution in [0.25, 0.3) is 6.08 Å². The van der Waals surface area contributed by atoms with E-state index in [4.69, 9.17) is 17.0 Å². The molecule has 0 atom stereocenters. The molecule has 9 nitrogen and oxygen atoms in total. The number of anilines is 1. The Bertz CT molecular complexity index is 1360. The molecular formula is C26H22N4O5S. The van der Waals surface area contributed by atoms with E-state index in [1.54, 1.807) is 42.5 Å². The number of aliphatic imine (C=N–C) groups is 1. The van der Waals surface area contributed by atoms with Gasteiger partial charge in [0.05, 0.1) is 7.11 Å². The minimum absolute atomic E-state index is 0.0740. The first kappa shape index (κ1) is 24.4. The summed E-state index contributed by atoms with van der Waals surface area (Å²) >= 11 is 5.40. The van der Waals surface area contributed by atoms with E-state index >= 15 is 0 Å². The molecule has 0 unspecified atom stereocenters. The first-order valence-electron chi connectivity index (χ1n) is 10.8. The number of hydrogen-bond acceptors (Lipinski definition) is 7. The van der Waals surface area contributed by atoms with Crippen molar-refractivity contribution in [2.45, 2.75) is 0 Å². The summed E-state index contributed by atoms with van der Waals surface area (Å²) in [7, 11) is 1.28. The molecule has 1 aliphatic heterocycles. The number of nitrogens with one attached hydrogen (secondary N) is 2. The van der Waals surface area contributed by atoms with Crippen molar-refractivity contribution in [3.63, 3.8) is 0 Å². The van der Waals surface area contributed by atoms with Crippen LogP contribution in [-0.2, 0) is 14.3 Å². The molecule has 36 heavy (non-hydrogen) atoms. The average Bonchev–Trinajstić information content (AvgIpc) is 3.18. The van der Waals surface area contributed by atoms with Gasteiger partial charge in [0.2, 0.25) is 0 Å². The monoisotopic (exact) mass is 502 g/mol. The molecular weight excluding hydrogens is 480 g/mol. The Balaban J connectivity index is 1.62. The van der Waals surface area contributed by atoms with Crippen molar-refractivity contribution in [3.05, 3.63) is 95.7 Å². The Morgan fingerprint density at radius 2 is 1.83 bits per heavy atom. The van der Waals surface area contributed by atoms with Gasteiger partial charge in [-0.15, -0.1) is 0 Å². The molecule has 0 fully saturated rings. The molecule has 0 spiro atoms. The van der Waals surface area contributed by atoms with Gasteiger partial charge < -0.3 is 19.9 Å². The fraction of sp³-hybridized carbons (Fsp3) is 0.0769. The van der Waals surface area contributed by atoms with Crippen LogP contribution < -0.4 is 15.5 Å². The van der Waals surface area contributed by atoms with Gasteiger partial charge >= 0.3 is 5.97 Å². The number of carbonyl (C=O) groups is 2. The Labute approximate surface area is 212 Å². The van der Waals surface area contributed by atoms with E-state index in [0.717, 1.165) is 0 Å². The van der Waals surface area contributed by atoms with Crippen LogP contribution in [0, 0.1) is 0 Å². The number of phenolic OH excluding ortho intramolecular Hbond substituents is 1. The molecule has 0 radical (unpaired) electrons. The number of amides is 1. The van der Waals surface area contributed by atoms with Gasteiger partial charge in [-0.25, -0.2) is 9.79 Å². The van der Waals surface area contributed by atoms with Gasteiger partial charge in [0.15, 0.2) is 17.6 Å². The van der Waals surface area contributed by atoms with E-state index < -0.39 is 11.9 Å². The van der Waals surface area contributed by atoms with E-state index in [1.165, 1.54) is 24.3 Å². The Morgan fingerprint density at radius 3 is 2.58 bits per heavy atom. The van der Waals surface area contributed by atoms with Gasteiger partial charge in [0.1, 0.15) is 17.2 Å². The van der Waals surface area contributed by atoms with Crippen LogP contribution in [-0.4, -0.2) is 46.7 Å². The number of amidine groups is 1. The van der Waals surface area contributed by atoms with Crippen molar-refractivity contribution >= 4 is 46.8 Å². The van der Waals surface area contributed by atoms with Crippen LogP contribution in [0.15, 0.2) is 89.6 Å². The number of ether oxygens (including phenoxy) is 2. The Hall–Kier alpha value is -4.70. The van der Waals surface area contributed by atoms with Gasteiger partial charge in [0, 0.05) is 22.9 Å². The van der Waals surface area contributed by atoms with Crippen LogP contribution in [0.5, 0.6) is 11.5 Å². The lowest BCUT2D eigenvalue weighted by Crippen LogP contribution is -2.48. The summed E-state index contributed by atoms with van der Waals surface area (Å²) in [5.74, 6) is -0.157. The normalized spacial score (nSPS) is 13.8. The fourth-order valence-corrected chi connectivity index (χ4v) is 3.53. The maximum absolute atomic E-state index is 13.4. The molecule has 1 heterocycles. The SMILES string of the molecule is COC(=O)COc1ccccc1/C=C1\N=C(c2ccccc2)N(NC(=S)Nc2cccc(O)c2)C1=O. The highest BCUT2D eigenvalue weighted by Gasteiger charge is 2.32. The molecule has 1 aliphatic rings. The maximum atomic E-state index is 13.4. The van der Waals surface area contributed by atoms with E-state index in [1.807, 2.05) is 30.3 Å². The lowest BCUT2D eigenvalue weighted by molar-refractivity contribution is -0.142. The van der Waals surface area contributed by atoms with Gasteiger partial charge in [-0.2, -0.15) is 5.01 Å². The van der Waals surface area contributed by atoms with Crippen LogP contribution in [0.1, 0.15) is 11.1 Å². The lowest BCUT2D eigenvalue weighted by Gasteiger charge is -2.21. The molecule has 0 bridgehead atoms. The smallest absolute Gasteiger partial charge is 0.343 e. The third kappa shape index (κ3) is 5.86. The number of esters is 1. The van der Waals surface area contributed by atoms with Crippen LogP contribution in [0.3, 0.4) is 0 Å². The highest BCUT2D eigenvalue weighted by Crippen LogP contribution is 2.26. The topological polar surface area (TPSA) is 112 Å². The summed E-state index contributed by atoms with van der Waals surface area (Å²) in [6.07, 6.45) is 1.57. The van der Waals surface area contributed by atoms with E-state index in [2.05, 4.69) is 20.5 Å². The van der Waals surface area contributed by atoms with Crippen LogP contribution in [0.2, 0.25) is 0 Å². The number of para-hydroxylation sites is 1. The predicted octanol–water partition coefficient (Wildman–Crippen LogP) is 3.48. The number of benzene rings is 3. The summed E-state index contributed by atoms with van der Waals surface area (Å²) in [6, 6.07) is 22.6. The van der Waals surface area contributed by atoms with Crippen molar-refractivity contribution in [1.29, 1.82) is 0 Å². The Morgan fingerprint density at radius 1 is 1.08 bits per heavy atom. The molecule has 182 valence electrons. The second-order valence-corrected chi connectivity index (χ2v) is 7.90. The number of hydrazine groups is 1. The summed E-state index contributed by atoms with van der Waals surface area (Å²) < 4.78 is 10.2. The first-order chi connectivity index (χ1) is 17.4. The van der Waals surface area contributed by atoms with Crippen molar-refractivity contribution < 1.29 is 24.2 Å². The quantitative estimate of drug-likeness (QED) is 0.256. The molecule has 3 N–H and O–H groups in total. The lowest BCUT2D eigenvalue weighted by atomic mass is 10.1. The molecule has 1 amide bonds. The third-order valence-corrected chi connectivity index (χ3v) is 5.19. The highest BCUT2D eigenvalue weighted by molar-refractivity contribution is 7.80. The minimum Gasteiger partial charge on any atom is -0.508 e. The molecule has 0 aliphatic carbocycles. The number of nitrogens with zero attached hydrogens (tertiary/aromatic N) is 2. The van der Waals surface area contributed by atoms with E-state index in [0.29, 0.717) is 28.4 Å². The third-order valence-electron chi connectivity index (χ3n) is 4.99. The van der Waals surface area contributed by atoms with Crippen molar-refractivity contribution in [2.24, 2.45) is 4.99 Å². The predicted molar refractivity (Wildman–Crippen MR) is 139 cm³/mol. The number of thiocarbonyl (C=S) groups is 1. The second-order valence-electron chi connectivity index (χ2n) is 7.49. The first-order valence-corrected chi connectivity index (χ1v) is 11.2. The molecule has 0 saturated carbocycles. The molecule has 0 saturated heterocycles. The van der Waals surface area contributed by atoms with Gasteiger partial charge in [-0.1, -0.05) is 54.6 Å². The molecule has 0 aromatic heterocycles. The number of methoxy groups -OCH3 is 1. The highest BCUT2D eigenvalue weighted by atomic mass is 32.1. The summed E-state index contributed by atoms with van der Waals surface area (Å²) in [5.41, 5.74) is 4.81. The van der Waals surface area contributed by atoms with Crippen LogP contribution in [0.4, 0.5) is 5.69 Å². The van der Waals surface area contributed by atoms with Gasteiger partial charge in [-0.3, -0.25) is 10.2 Å². The number of aromatic hydroxyl groups is 1. The largest absolute Gasteiger partial charge is 0.508 e. The molecule has 10 heteroatoms. The Kier molecular flexibility index (Phi) is 7.57. The van der Waals surface area contributed by atoms with Gasteiger partial charge in [0.25, 0.3) is 5.91 Å². The number of carbonyl (C=O) groups excluding carboxylic acids is 2. The number of phenols is 1. The van der Waals surface area contributed by atoms with E-state index in [9.17, 15) is 14.7 Å². The van der Waals surface area contributed by atoms with Crippen molar-refractivity contribution in [1.82, 2.24) is 10.4 Å². The number of hydrogen-bond donors (Lipinski definition) is 3. The summed E-state index contributed by atoms with van der Waals surface area (Å²) in [5, 5.41) is 14.0. The fourth-order valence-electron chi connectivity index (χ4n) is 3.32. The molecule has 3 aromatic rings. The zero-order chi connectivity index (χ0) is 25.5. The zero-order valence-corrected chi connectivity index (χ0v) is 20.0. The minimum atomic E-state index is -0.526. The van der Waals surface area contributed by atoms with E-state index in [-0.39, 0.29) is 23.2 Å². The van der Waals surface area contributed by atoms with Crippen molar-refractivity contribution in [2.75, 3.05) is 19.0 Å². The number of rotatable bonds is 7.